The highest BCUT2D eigenvalue weighted by Gasteiger charge is 1.88. The van der Waals surface area contributed by atoms with Crippen molar-refractivity contribution in [2.45, 2.75) is 0 Å². The summed E-state index contributed by atoms with van der Waals surface area (Å²) >= 11 is 0. The van der Waals surface area contributed by atoms with Gasteiger partial charge in [-0.3, -0.25) is 0 Å². The second-order valence-electron chi connectivity index (χ2n) is 2.66. The first-order chi connectivity index (χ1) is 8.45. The minimum Gasteiger partial charge on any atom is -0.478 e. The Morgan fingerprint density at radius 1 is 0.889 bits per heavy atom. The average molecular weight is 266 g/mol. The Labute approximate surface area is 106 Å². The zero-order valence-corrected chi connectivity index (χ0v) is 10.6. The lowest BCUT2D eigenvalue weighted by molar-refractivity contribution is -0.134. The summed E-state index contributed by atoms with van der Waals surface area (Å²) in [4.78, 5) is 19.1. The van der Waals surface area contributed by atoms with E-state index in [1.807, 2.05) is 0 Å². The van der Waals surface area contributed by atoms with Crippen molar-refractivity contribution < 1.29 is 30.0 Å². The van der Waals surface area contributed by atoms with Crippen molar-refractivity contribution in [3.63, 3.8) is 0 Å². The Hall–Kier alpha value is -1.48. The van der Waals surface area contributed by atoms with E-state index in [-0.39, 0.29) is 13.2 Å². The number of hydrogen-bond donors (Lipinski definition) is 6. The zero-order chi connectivity index (χ0) is 14.8. The van der Waals surface area contributed by atoms with Crippen molar-refractivity contribution in [2.75, 3.05) is 40.4 Å². The van der Waals surface area contributed by atoms with Gasteiger partial charge in [0.15, 0.2) is 0 Å². The number of hydrogen-bond acceptors (Lipinski definition) is 6. The minimum atomic E-state index is -1.26. The number of aliphatic hydroxyl groups excluding tert-OH is 2. The highest BCUT2D eigenvalue weighted by Crippen LogP contribution is 1.70. The third kappa shape index (κ3) is 46.9. The molecule has 0 saturated heterocycles. The maximum absolute atomic E-state index is 9.55. The molecular formula is C10H22N2O6. The number of carboxylic acids is 2. The molecule has 0 aromatic heterocycles. The quantitative estimate of drug-likeness (QED) is 0.307. The fraction of sp³-hybridized carbons (Fsp3) is 0.600. The fourth-order valence-corrected chi connectivity index (χ4v) is 0.366. The molecule has 0 aliphatic carbocycles. The molecule has 0 amide bonds. The van der Waals surface area contributed by atoms with Gasteiger partial charge in [-0.2, -0.15) is 0 Å². The van der Waals surface area contributed by atoms with E-state index < -0.39 is 11.9 Å². The van der Waals surface area contributed by atoms with Gasteiger partial charge in [0.05, 0.1) is 13.2 Å². The first-order valence-corrected chi connectivity index (χ1v) is 5.11. The van der Waals surface area contributed by atoms with Gasteiger partial charge >= 0.3 is 11.9 Å². The van der Waals surface area contributed by atoms with Crippen LogP contribution in [-0.2, 0) is 9.59 Å². The summed E-state index contributed by atoms with van der Waals surface area (Å²) in [5, 5.41) is 37.2. The van der Waals surface area contributed by atoms with Crippen LogP contribution in [-0.4, -0.2) is 72.8 Å². The van der Waals surface area contributed by atoms with E-state index in [0.717, 1.165) is 0 Å². The lowest BCUT2D eigenvalue weighted by Crippen LogP contribution is -2.10. The van der Waals surface area contributed by atoms with E-state index >= 15 is 0 Å². The molecule has 0 atom stereocenters. The Morgan fingerprint density at radius 2 is 1.17 bits per heavy atom. The van der Waals surface area contributed by atoms with E-state index in [1.54, 1.807) is 14.1 Å². The number of aliphatic hydroxyl groups is 2. The summed E-state index contributed by atoms with van der Waals surface area (Å²) < 4.78 is 0. The van der Waals surface area contributed by atoms with E-state index in [1.165, 1.54) is 0 Å². The van der Waals surface area contributed by atoms with E-state index in [2.05, 4.69) is 10.6 Å². The second kappa shape index (κ2) is 20.9. The van der Waals surface area contributed by atoms with Crippen LogP contribution in [0.5, 0.6) is 0 Å². The van der Waals surface area contributed by atoms with Crippen molar-refractivity contribution >= 4 is 11.9 Å². The van der Waals surface area contributed by atoms with Crippen LogP contribution in [0.25, 0.3) is 0 Å². The lowest BCUT2D eigenvalue weighted by Gasteiger charge is -1.84. The van der Waals surface area contributed by atoms with Crippen molar-refractivity contribution in [1.29, 1.82) is 0 Å². The predicted molar refractivity (Wildman–Crippen MR) is 66.4 cm³/mol. The molecule has 8 heteroatoms. The summed E-state index contributed by atoms with van der Waals surface area (Å²) in [5.74, 6) is -2.51. The molecule has 0 fully saturated rings. The highest BCUT2D eigenvalue weighted by atomic mass is 16.4. The summed E-state index contributed by atoms with van der Waals surface area (Å²) in [6.45, 7) is 1.85. The van der Waals surface area contributed by atoms with Gasteiger partial charge in [-0.25, -0.2) is 9.59 Å². The highest BCUT2D eigenvalue weighted by molar-refractivity contribution is 5.89. The Morgan fingerprint density at radius 3 is 1.22 bits per heavy atom. The number of aliphatic carboxylic acids is 2. The zero-order valence-electron chi connectivity index (χ0n) is 10.6. The molecule has 0 saturated carbocycles. The third-order valence-electron chi connectivity index (χ3n) is 1.09. The molecule has 0 aliphatic heterocycles. The van der Waals surface area contributed by atoms with Crippen molar-refractivity contribution in [3.8, 4) is 0 Å². The number of carbonyl (C=O) groups is 2. The molecule has 0 aromatic rings. The molecule has 0 aromatic carbocycles. The van der Waals surface area contributed by atoms with Gasteiger partial charge in [0, 0.05) is 25.2 Å². The third-order valence-corrected chi connectivity index (χ3v) is 1.09. The van der Waals surface area contributed by atoms with Gasteiger partial charge in [0.2, 0.25) is 0 Å². The summed E-state index contributed by atoms with van der Waals surface area (Å²) in [6.07, 6.45) is 1.12. The van der Waals surface area contributed by atoms with Gasteiger partial charge in [-0.1, -0.05) is 0 Å². The normalized spacial score (nSPS) is 8.89. The van der Waals surface area contributed by atoms with Gasteiger partial charge in [0.25, 0.3) is 0 Å². The minimum absolute atomic E-state index is 0.233. The number of carboxylic acid groups (broad SMARTS) is 2. The van der Waals surface area contributed by atoms with Gasteiger partial charge in [-0.05, 0) is 14.1 Å². The van der Waals surface area contributed by atoms with Crippen molar-refractivity contribution in [2.24, 2.45) is 0 Å². The molecule has 0 radical (unpaired) electrons. The summed E-state index contributed by atoms with van der Waals surface area (Å²) in [7, 11) is 3.60. The van der Waals surface area contributed by atoms with Crippen molar-refractivity contribution in [1.82, 2.24) is 10.6 Å². The molecule has 108 valence electrons. The smallest absolute Gasteiger partial charge is 0.328 e. The lowest BCUT2D eigenvalue weighted by atomic mass is 10.5. The van der Waals surface area contributed by atoms with Gasteiger partial charge < -0.3 is 31.1 Å². The molecule has 6 N–H and O–H groups in total. The molecule has 0 spiro atoms. The average Bonchev–Trinajstić information content (AvgIpc) is 2.30. The van der Waals surface area contributed by atoms with Crippen LogP contribution in [0.1, 0.15) is 0 Å². The molecule has 8 nitrogen and oxygen atoms in total. The summed E-state index contributed by atoms with van der Waals surface area (Å²) in [5.41, 5.74) is 0. The van der Waals surface area contributed by atoms with E-state index in [9.17, 15) is 9.59 Å². The van der Waals surface area contributed by atoms with Crippen LogP contribution in [0.15, 0.2) is 12.2 Å². The first kappa shape index (κ1) is 21.8. The molecule has 0 heterocycles. The molecule has 0 unspecified atom stereocenters. The molecule has 18 heavy (non-hydrogen) atoms. The Kier molecular flexibility index (Phi) is 25.2. The summed E-state index contributed by atoms with van der Waals surface area (Å²) in [6, 6.07) is 0. The maximum atomic E-state index is 9.55. The van der Waals surface area contributed by atoms with Crippen LogP contribution in [0.4, 0.5) is 0 Å². The number of likely N-dealkylation sites (N-methyl/N-ethyl adjacent to an activating group) is 2. The second-order valence-corrected chi connectivity index (χ2v) is 2.66. The molecule has 0 bridgehead atoms. The van der Waals surface area contributed by atoms with Crippen molar-refractivity contribution in [3.05, 3.63) is 12.2 Å². The topological polar surface area (TPSA) is 139 Å². The standard InChI is InChI=1S/C4H4O4.2C3H9NO/c5-3(6)1-2-4(7)8;2*1-4-2-3-5/h1-2H,(H,5,6)(H,7,8);2*4-5H,2-3H2,1H3/b2-1+;;. The SMILES string of the molecule is CNCCO.CNCCO.O=C(O)/C=C/C(=O)O. The van der Waals surface area contributed by atoms with Crippen LogP contribution >= 0.6 is 0 Å². The molecule has 0 rings (SSSR count). The monoisotopic (exact) mass is 266 g/mol. The number of rotatable bonds is 6. The van der Waals surface area contributed by atoms with E-state index in [4.69, 9.17) is 20.4 Å². The van der Waals surface area contributed by atoms with Gasteiger partial charge in [0.1, 0.15) is 0 Å². The predicted octanol–water partition coefficient (Wildman–Crippen LogP) is -1.89. The molecular weight excluding hydrogens is 244 g/mol. The number of nitrogens with one attached hydrogen (secondary N) is 2. The van der Waals surface area contributed by atoms with Crippen LogP contribution in [0, 0.1) is 0 Å². The van der Waals surface area contributed by atoms with Gasteiger partial charge in [-0.15, -0.1) is 0 Å². The Bertz CT molecular complexity index is 194. The Balaban J connectivity index is -0.000000197. The van der Waals surface area contributed by atoms with Crippen LogP contribution < -0.4 is 10.6 Å². The first-order valence-electron chi connectivity index (χ1n) is 5.11. The largest absolute Gasteiger partial charge is 0.478 e. The van der Waals surface area contributed by atoms with Crippen LogP contribution in [0.2, 0.25) is 0 Å². The van der Waals surface area contributed by atoms with Crippen LogP contribution in [0.3, 0.4) is 0 Å². The molecule has 0 aliphatic rings. The fourth-order valence-electron chi connectivity index (χ4n) is 0.366. The van der Waals surface area contributed by atoms with E-state index in [0.29, 0.717) is 25.2 Å². The maximum Gasteiger partial charge on any atom is 0.328 e.